The van der Waals surface area contributed by atoms with E-state index in [0.29, 0.717) is 5.56 Å². The average molecular weight is 370 g/mol. The third-order valence-corrected chi connectivity index (χ3v) is 5.17. The second-order valence-corrected chi connectivity index (χ2v) is 7.12. The summed E-state index contributed by atoms with van der Waals surface area (Å²) in [4.78, 5) is 11.7. The van der Waals surface area contributed by atoms with E-state index in [2.05, 4.69) is 5.32 Å². The molecule has 0 amide bonds. The molecule has 26 heavy (non-hydrogen) atoms. The van der Waals surface area contributed by atoms with Gasteiger partial charge in [-0.05, 0) is 24.6 Å². The van der Waals surface area contributed by atoms with Gasteiger partial charge in [0, 0.05) is 6.20 Å². The zero-order valence-corrected chi connectivity index (χ0v) is 14.9. The van der Waals surface area contributed by atoms with Crippen LogP contribution in [0.15, 0.2) is 76.7 Å². The van der Waals surface area contributed by atoms with E-state index >= 15 is 0 Å². The molecule has 0 aliphatic rings. The van der Waals surface area contributed by atoms with Crippen LogP contribution in [0.1, 0.15) is 18.5 Å². The average Bonchev–Trinajstić information content (AvgIpc) is 2.66. The number of nitriles is 1. The first-order valence-corrected chi connectivity index (χ1v) is 9.37. The van der Waals surface area contributed by atoms with Crippen LogP contribution in [-0.4, -0.2) is 21.0 Å². The Morgan fingerprint density at radius 1 is 1.15 bits per heavy atom. The minimum absolute atomic E-state index is 0.00185. The van der Waals surface area contributed by atoms with Gasteiger partial charge in [-0.3, -0.25) is 0 Å². The number of nitrogens with zero attached hydrogens (tertiary/aromatic N) is 1. The summed E-state index contributed by atoms with van der Waals surface area (Å²) in [5.74, 6) is -0.565. The Balaban J connectivity index is 2.35. The molecule has 0 radical (unpaired) electrons. The first kappa shape index (κ1) is 19.2. The Bertz CT molecular complexity index is 917. The van der Waals surface area contributed by atoms with Crippen LogP contribution in [0.3, 0.4) is 0 Å². The molecule has 0 aliphatic heterocycles. The number of carbonyl (C=O) groups excluding carboxylic acids is 1. The number of nitrogens with one attached hydrogen (secondary N) is 1. The van der Waals surface area contributed by atoms with E-state index in [1.807, 2.05) is 0 Å². The van der Waals surface area contributed by atoms with Crippen LogP contribution in [0.2, 0.25) is 0 Å². The van der Waals surface area contributed by atoms with Crippen molar-refractivity contribution < 1.29 is 17.9 Å². The molecular formula is C19H18N2O4S. The van der Waals surface area contributed by atoms with Crippen LogP contribution < -0.4 is 5.32 Å². The highest BCUT2D eigenvalue weighted by Gasteiger charge is 2.24. The van der Waals surface area contributed by atoms with Gasteiger partial charge in [-0.1, -0.05) is 48.5 Å². The molecule has 0 saturated carbocycles. The fraction of sp³-hybridized carbons (Fsp3) is 0.158. The largest absolute Gasteiger partial charge is 0.464 e. The van der Waals surface area contributed by atoms with Crippen LogP contribution in [0.25, 0.3) is 0 Å². The summed E-state index contributed by atoms with van der Waals surface area (Å²) in [6.45, 7) is 1.86. The van der Waals surface area contributed by atoms with Gasteiger partial charge < -0.3 is 10.1 Å². The maximum absolute atomic E-state index is 12.6. The van der Waals surface area contributed by atoms with E-state index in [9.17, 15) is 18.5 Å². The second kappa shape index (κ2) is 8.83. The number of rotatable bonds is 7. The van der Waals surface area contributed by atoms with Crippen LogP contribution in [-0.2, 0) is 19.4 Å². The Kier molecular flexibility index (Phi) is 6.53. The molecule has 6 nitrogen and oxygen atoms in total. The van der Waals surface area contributed by atoms with Gasteiger partial charge in [0.05, 0.1) is 11.5 Å². The summed E-state index contributed by atoms with van der Waals surface area (Å²) in [5, 5.41) is 12.0. The molecule has 2 rings (SSSR count). The maximum Gasteiger partial charge on any atom is 0.333 e. The maximum atomic E-state index is 12.6. The van der Waals surface area contributed by atoms with Gasteiger partial charge in [0.1, 0.15) is 12.1 Å². The summed E-state index contributed by atoms with van der Waals surface area (Å²) < 4.78 is 30.2. The van der Waals surface area contributed by atoms with E-state index in [1.165, 1.54) is 12.1 Å². The summed E-state index contributed by atoms with van der Waals surface area (Å²) in [7, 11) is -3.98. The summed E-state index contributed by atoms with van der Waals surface area (Å²) in [5.41, 5.74) is 0.594. The van der Waals surface area contributed by atoms with Gasteiger partial charge in [0.15, 0.2) is 4.91 Å². The minimum Gasteiger partial charge on any atom is -0.464 e. The number of allylic oxidation sites excluding steroid dienone is 1. The van der Waals surface area contributed by atoms with Crippen molar-refractivity contribution >= 4 is 15.8 Å². The van der Waals surface area contributed by atoms with Gasteiger partial charge in [-0.25, -0.2) is 13.2 Å². The quantitative estimate of drug-likeness (QED) is 0.595. The van der Waals surface area contributed by atoms with Gasteiger partial charge >= 0.3 is 5.97 Å². The Morgan fingerprint density at radius 3 is 2.27 bits per heavy atom. The molecule has 1 unspecified atom stereocenters. The van der Waals surface area contributed by atoms with E-state index in [0.717, 1.165) is 6.20 Å². The molecule has 7 heteroatoms. The highest BCUT2D eigenvalue weighted by molar-refractivity contribution is 7.95. The van der Waals surface area contributed by atoms with Crippen molar-refractivity contribution in [2.24, 2.45) is 0 Å². The molecule has 0 heterocycles. The molecule has 1 N–H and O–H groups in total. The fourth-order valence-electron chi connectivity index (χ4n) is 2.23. The van der Waals surface area contributed by atoms with E-state index in [-0.39, 0.29) is 11.5 Å². The molecule has 134 valence electrons. The van der Waals surface area contributed by atoms with Crippen molar-refractivity contribution in [2.45, 2.75) is 17.9 Å². The summed E-state index contributed by atoms with van der Waals surface area (Å²) in [6.07, 6.45) is 1.04. The molecule has 0 aliphatic carbocycles. The van der Waals surface area contributed by atoms with Crippen molar-refractivity contribution in [3.8, 4) is 6.07 Å². The molecular weight excluding hydrogens is 352 g/mol. The lowest BCUT2D eigenvalue weighted by Crippen LogP contribution is -2.27. The van der Waals surface area contributed by atoms with Gasteiger partial charge in [0.25, 0.3) is 0 Å². The predicted octanol–water partition coefficient (Wildman–Crippen LogP) is 2.72. The van der Waals surface area contributed by atoms with Crippen LogP contribution in [0, 0.1) is 11.3 Å². The number of ether oxygens (including phenoxy) is 1. The van der Waals surface area contributed by atoms with Gasteiger partial charge in [-0.2, -0.15) is 5.26 Å². The molecule has 0 saturated heterocycles. The molecule has 0 bridgehead atoms. The standard InChI is InChI=1S/C19H18N2O4S/c1-2-25-19(22)18(15-9-5-3-6-10-15)21-14-17(13-20)26(23,24)16-11-7-4-8-12-16/h3-12,14,18,21H,2H2,1H3. The molecule has 1 atom stereocenters. The molecule has 2 aromatic carbocycles. The van der Waals surface area contributed by atoms with Crippen molar-refractivity contribution in [1.29, 1.82) is 5.26 Å². The monoisotopic (exact) mass is 370 g/mol. The lowest BCUT2D eigenvalue weighted by Gasteiger charge is -2.16. The van der Waals surface area contributed by atoms with Gasteiger partial charge in [0.2, 0.25) is 9.84 Å². The lowest BCUT2D eigenvalue weighted by molar-refractivity contribution is -0.145. The second-order valence-electron chi connectivity index (χ2n) is 5.20. The van der Waals surface area contributed by atoms with Crippen molar-refractivity contribution in [1.82, 2.24) is 5.32 Å². The zero-order valence-electron chi connectivity index (χ0n) is 14.1. The van der Waals surface area contributed by atoms with E-state index in [4.69, 9.17) is 4.74 Å². The molecule has 0 aromatic heterocycles. The minimum atomic E-state index is -3.98. The molecule has 2 aromatic rings. The molecule has 0 fully saturated rings. The van der Waals surface area contributed by atoms with E-state index < -0.39 is 26.8 Å². The van der Waals surface area contributed by atoms with Crippen LogP contribution >= 0.6 is 0 Å². The van der Waals surface area contributed by atoms with Crippen molar-refractivity contribution in [3.63, 3.8) is 0 Å². The zero-order chi connectivity index (χ0) is 19.0. The SMILES string of the molecule is CCOC(=O)C(NC=C(C#N)S(=O)(=O)c1ccccc1)c1ccccc1. The smallest absolute Gasteiger partial charge is 0.333 e. The summed E-state index contributed by atoms with van der Waals surface area (Å²) in [6, 6.07) is 17.1. The Morgan fingerprint density at radius 2 is 1.73 bits per heavy atom. The topological polar surface area (TPSA) is 96.3 Å². The van der Waals surface area contributed by atoms with Crippen LogP contribution in [0.4, 0.5) is 0 Å². The van der Waals surface area contributed by atoms with Crippen molar-refractivity contribution in [3.05, 3.63) is 77.3 Å². The first-order chi connectivity index (χ1) is 12.5. The third kappa shape index (κ3) is 4.49. The summed E-state index contributed by atoms with van der Waals surface area (Å²) >= 11 is 0. The third-order valence-electron chi connectivity index (χ3n) is 3.49. The van der Waals surface area contributed by atoms with E-state index in [1.54, 1.807) is 61.5 Å². The molecule has 0 spiro atoms. The highest BCUT2D eigenvalue weighted by atomic mass is 32.2. The number of benzene rings is 2. The number of hydrogen-bond acceptors (Lipinski definition) is 6. The lowest BCUT2D eigenvalue weighted by atomic mass is 10.1. The Labute approximate surface area is 152 Å². The fourth-order valence-corrected chi connectivity index (χ4v) is 3.34. The predicted molar refractivity (Wildman–Crippen MR) is 96.3 cm³/mol. The number of hydrogen-bond donors (Lipinski definition) is 1. The first-order valence-electron chi connectivity index (χ1n) is 7.88. The number of carbonyl (C=O) groups is 1. The van der Waals surface area contributed by atoms with Gasteiger partial charge in [-0.15, -0.1) is 0 Å². The normalized spacial score (nSPS) is 12.7. The van der Waals surface area contributed by atoms with Crippen LogP contribution in [0.5, 0.6) is 0 Å². The van der Waals surface area contributed by atoms with Crippen molar-refractivity contribution in [2.75, 3.05) is 6.61 Å². The highest BCUT2D eigenvalue weighted by Crippen LogP contribution is 2.20. The number of esters is 1. The Hall–Kier alpha value is -3.11. The number of sulfone groups is 1.